The monoisotopic (exact) mass is 778 g/mol. The molecular weight excluding hydrogens is 675 g/mol. The van der Waals surface area contributed by atoms with Gasteiger partial charge in [0.2, 0.25) is 5.91 Å². The van der Waals surface area contributed by atoms with E-state index in [9.17, 15) is 15.0 Å². The first kappa shape index (κ1) is 54.4. The van der Waals surface area contributed by atoms with Gasteiger partial charge < -0.3 is 15.5 Å². The van der Waals surface area contributed by atoms with Crippen LogP contribution in [0.15, 0.2) is 0 Å². The molecule has 330 valence electrons. The van der Waals surface area contributed by atoms with E-state index >= 15 is 0 Å². The fraction of sp³-hybridized carbons (Fsp3) is 0.980. The lowest BCUT2D eigenvalue weighted by atomic mass is 10.0. The van der Waals surface area contributed by atoms with E-state index in [2.05, 4.69) is 19.2 Å². The summed E-state index contributed by atoms with van der Waals surface area (Å²) in [5.74, 6) is -0.0268. The smallest absolute Gasteiger partial charge is 0.220 e. The van der Waals surface area contributed by atoms with E-state index in [0.29, 0.717) is 12.8 Å². The maximum absolute atomic E-state index is 12.4. The second-order valence-corrected chi connectivity index (χ2v) is 18.0. The number of hydrogen-bond donors (Lipinski definition) is 3. The first-order valence-electron chi connectivity index (χ1n) is 25.7. The third-order valence-electron chi connectivity index (χ3n) is 12.4. The molecule has 4 nitrogen and oxygen atoms in total. The number of carbonyl (C=O) groups is 1. The molecule has 2 unspecified atom stereocenters. The van der Waals surface area contributed by atoms with Gasteiger partial charge in [-0.05, 0) is 12.8 Å². The maximum atomic E-state index is 12.4. The summed E-state index contributed by atoms with van der Waals surface area (Å²) >= 11 is 0. The van der Waals surface area contributed by atoms with Crippen molar-refractivity contribution in [3.8, 4) is 0 Å². The molecule has 0 spiro atoms. The van der Waals surface area contributed by atoms with E-state index in [1.807, 2.05) is 0 Å². The number of nitrogens with one attached hydrogen (secondary N) is 1. The minimum Gasteiger partial charge on any atom is -0.394 e. The molecule has 0 radical (unpaired) electrons. The minimum atomic E-state index is -0.651. The van der Waals surface area contributed by atoms with Crippen molar-refractivity contribution < 1.29 is 15.0 Å². The summed E-state index contributed by atoms with van der Waals surface area (Å²) in [5, 5.41) is 23.1. The number of aliphatic hydroxyl groups excluding tert-OH is 2. The normalized spacial score (nSPS) is 12.7. The van der Waals surface area contributed by atoms with Gasteiger partial charge in [-0.3, -0.25) is 4.79 Å². The Morgan fingerprint density at radius 3 is 0.818 bits per heavy atom. The van der Waals surface area contributed by atoms with Crippen molar-refractivity contribution in [3.05, 3.63) is 0 Å². The van der Waals surface area contributed by atoms with Crippen LogP contribution in [0.2, 0.25) is 0 Å². The molecule has 0 aliphatic heterocycles. The Morgan fingerprint density at radius 1 is 0.364 bits per heavy atom. The van der Waals surface area contributed by atoms with Gasteiger partial charge >= 0.3 is 0 Å². The van der Waals surface area contributed by atoms with Crippen molar-refractivity contribution in [2.24, 2.45) is 0 Å². The highest BCUT2D eigenvalue weighted by molar-refractivity contribution is 5.76. The van der Waals surface area contributed by atoms with E-state index in [1.165, 1.54) is 250 Å². The summed E-state index contributed by atoms with van der Waals surface area (Å²) in [4.78, 5) is 12.4. The van der Waals surface area contributed by atoms with Crippen LogP contribution in [0.3, 0.4) is 0 Å². The molecule has 0 rings (SSSR count). The zero-order chi connectivity index (χ0) is 40.0. The fourth-order valence-corrected chi connectivity index (χ4v) is 8.42. The zero-order valence-corrected chi connectivity index (χ0v) is 38.0. The van der Waals surface area contributed by atoms with Crippen molar-refractivity contribution in [1.29, 1.82) is 0 Å². The SMILES string of the molecule is CCCCCCCCCCCCCCCCCCCCCCCCCCCCCCCCCCCCC(=O)NC(CO)C(O)CCCCCCCCCCC. The summed E-state index contributed by atoms with van der Waals surface area (Å²) < 4.78 is 0. The minimum absolute atomic E-state index is 0.0268. The van der Waals surface area contributed by atoms with Crippen LogP contribution in [0.25, 0.3) is 0 Å². The van der Waals surface area contributed by atoms with Crippen LogP contribution in [-0.4, -0.2) is 34.9 Å². The molecule has 0 heterocycles. The Kier molecular flexibility index (Phi) is 47.2. The van der Waals surface area contributed by atoms with Crippen LogP contribution >= 0.6 is 0 Å². The van der Waals surface area contributed by atoms with Gasteiger partial charge in [-0.25, -0.2) is 0 Å². The van der Waals surface area contributed by atoms with Gasteiger partial charge in [0.05, 0.1) is 18.8 Å². The lowest BCUT2D eigenvalue weighted by Gasteiger charge is -2.22. The third-order valence-corrected chi connectivity index (χ3v) is 12.4. The molecule has 0 saturated carbocycles. The number of rotatable bonds is 48. The number of unbranched alkanes of at least 4 members (excludes halogenated alkanes) is 41. The van der Waals surface area contributed by atoms with E-state index in [-0.39, 0.29) is 12.5 Å². The molecule has 0 aromatic heterocycles. The zero-order valence-electron chi connectivity index (χ0n) is 38.0. The molecule has 0 saturated heterocycles. The average Bonchev–Trinajstić information content (AvgIpc) is 3.19. The van der Waals surface area contributed by atoms with Crippen LogP contribution in [0.4, 0.5) is 0 Å². The molecular formula is C51H103NO3. The van der Waals surface area contributed by atoms with Crippen molar-refractivity contribution in [2.75, 3.05) is 6.61 Å². The maximum Gasteiger partial charge on any atom is 0.220 e. The summed E-state index contributed by atoms with van der Waals surface area (Å²) in [6.07, 6.45) is 59.6. The number of aliphatic hydroxyl groups is 2. The molecule has 2 atom stereocenters. The van der Waals surface area contributed by atoms with Gasteiger partial charge in [-0.1, -0.05) is 284 Å². The van der Waals surface area contributed by atoms with Gasteiger partial charge in [-0.15, -0.1) is 0 Å². The average molecular weight is 778 g/mol. The predicted octanol–water partition coefficient (Wildman–Crippen LogP) is 16.4. The highest BCUT2D eigenvalue weighted by Gasteiger charge is 2.20. The molecule has 0 aliphatic carbocycles. The Hall–Kier alpha value is -0.610. The largest absolute Gasteiger partial charge is 0.394 e. The van der Waals surface area contributed by atoms with Crippen LogP contribution in [-0.2, 0) is 4.79 Å². The van der Waals surface area contributed by atoms with Crippen LogP contribution in [0.1, 0.15) is 303 Å². The number of carbonyl (C=O) groups excluding carboxylic acids is 1. The molecule has 0 bridgehead atoms. The summed E-state index contributed by atoms with van der Waals surface area (Å²) in [6, 6.07) is -0.528. The Morgan fingerprint density at radius 2 is 0.582 bits per heavy atom. The van der Waals surface area contributed by atoms with Crippen LogP contribution in [0.5, 0.6) is 0 Å². The third kappa shape index (κ3) is 44.3. The second-order valence-electron chi connectivity index (χ2n) is 18.0. The lowest BCUT2D eigenvalue weighted by molar-refractivity contribution is -0.123. The van der Waals surface area contributed by atoms with Crippen molar-refractivity contribution in [2.45, 2.75) is 315 Å². The lowest BCUT2D eigenvalue weighted by Crippen LogP contribution is -2.45. The highest BCUT2D eigenvalue weighted by atomic mass is 16.3. The Labute approximate surface area is 346 Å². The second kappa shape index (κ2) is 47.8. The quantitative estimate of drug-likeness (QED) is 0.0539. The van der Waals surface area contributed by atoms with Crippen molar-refractivity contribution in [3.63, 3.8) is 0 Å². The van der Waals surface area contributed by atoms with Gasteiger partial charge in [0.1, 0.15) is 0 Å². The van der Waals surface area contributed by atoms with Gasteiger partial charge in [0, 0.05) is 6.42 Å². The molecule has 0 aliphatic rings. The molecule has 0 fully saturated rings. The van der Waals surface area contributed by atoms with Crippen LogP contribution < -0.4 is 5.32 Å². The molecule has 0 aromatic carbocycles. The fourth-order valence-electron chi connectivity index (χ4n) is 8.42. The highest BCUT2D eigenvalue weighted by Crippen LogP contribution is 2.18. The van der Waals surface area contributed by atoms with Crippen molar-refractivity contribution in [1.82, 2.24) is 5.32 Å². The topological polar surface area (TPSA) is 69.6 Å². The van der Waals surface area contributed by atoms with E-state index in [4.69, 9.17) is 0 Å². The molecule has 4 heteroatoms. The molecule has 3 N–H and O–H groups in total. The van der Waals surface area contributed by atoms with Crippen LogP contribution in [0, 0.1) is 0 Å². The summed E-state index contributed by atoms with van der Waals surface area (Å²) in [6.45, 7) is 4.36. The predicted molar refractivity (Wildman–Crippen MR) is 244 cm³/mol. The molecule has 0 aromatic rings. The van der Waals surface area contributed by atoms with Gasteiger partial charge in [0.15, 0.2) is 0 Å². The van der Waals surface area contributed by atoms with E-state index in [0.717, 1.165) is 25.7 Å². The standard InChI is InChI=1S/C51H103NO3/c1-3-5-7-9-11-13-14-15-16-17-18-19-20-21-22-23-24-25-26-27-28-29-30-31-32-33-34-35-36-37-39-41-43-45-47-51(55)52-49(48-53)50(54)46-44-42-40-38-12-10-8-6-4-2/h49-50,53-54H,3-48H2,1-2H3,(H,52,55). The first-order valence-corrected chi connectivity index (χ1v) is 25.7. The summed E-state index contributed by atoms with van der Waals surface area (Å²) in [5.41, 5.74) is 0. The van der Waals surface area contributed by atoms with Gasteiger partial charge in [-0.2, -0.15) is 0 Å². The molecule has 55 heavy (non-hydrogen) atoms. The number of amides is 1. The number of hydrogen-bond acceptors (Lipinski definition) is 3. The van der Waals surface area contributed by atoms with Gasteiger partial charge in [0.25, 0.3) is 0 Å². The van der Waals surface area contributed by atoms with E-state index in [1.54, 1.807) is 0 Å². The summed E-state index contributed by atoms with van der Waals surface area (Å²) in [7, 11) is 0. The van der Waals surface area contributed by atoms with Crippen molar-refractivity contribution >= 4 is 5.91 Å². The molecule has 1 amide bonds. The first-order chi connectivity index (χ1) is 27.2. The van der Waals surface area contributed by atoms with E-state index < -0.39 is 12.1 Å². The Bertz CT molecular complexity index is 714. The Balaban J connectivity index is 3.30.